The van der Waals surface area contributed by atoms with Crippen LogP contribution in [0.3, 0.4) is 0 Å². The second-order valence-electron chi connectivity index (χ2n) is 7.62. The van der Waals surface area contributed by atoms with Crippen LogP contribution in [0, 0.1) is 0 Å². The third kappa shape index (κ3) is 3.96. The van der Waals surface area contributed by atoms with Crippen LogP contribution in [0.1, 0.15) is 5.56 Å². The number of hydrogen-bond acceptors (Lipinski definition) is 7. The molecule has 34 heavy (non-hydrogen) atoms. The van der Waals surface area contributed by atoms with Crippen molar-refractivity contribution < 1.29 is 21.6 Å². The van der Waals surface area contributed by atoms with Crippen LogP contribution in [0.25, 0.3) is 16.9 Å². The summed E-state index contributed by atoms with van der Waals surface area (Å²) in [4.78, 5) is 10.1. The molecule has 0 unspecified atom stereocenters. The van der Waals surface area contributed by atoms with Crippen molar-refractivity contribution in [2.75, 3.05) is 31.1 Å². The van der Waals surface area contributed by atoms with Crippen LogP contribution in [0.2, 0.25) is 0 Å². The van der Waals surface area contributed by atoms with E-state index in [1.165, 1.54) is 16.7 Å². The average Bonchev–Trinajstić information content (AvgIpc) is 3.29. The topological polar surface area (TPSA) is 97.1 Å². The highest BCUT2D eigenvalue weighted by molar-refractivity contribution is 7.89. The number of nitrogens with zero attached hydrogens (tertiary/aromatic N) is 7. The van der Waals surface area contributed by atoms with Gasteiger partial charge in [0.05, 0.1) is 16.1 Å². The summed E-state index contributed by atoms with van der Waals surface area (Å²) in [5.74, 6) is 0.517. The van der Waals surface area contributed by atoms with Gasteiger partial charge in [-0.3, -0.25) is 0 Å². The molecule has 3 heterocycles. The summed E-state index contributed by atoms with van der Waals surface area (Å²) in [5, 5.41) is 8.41. The number of para-hydroxylation sites is 1. The standard InChI is InChI=1S/C21H18F3N7O2S/c22-21(23,24)15-5-4-8-17(13-15)34(32,33)30-11-9-29(10-12-30)19-18-20(26-14-25-19)31(28-27-18)16-6-2-1-3-7-16/h1-8,13-14H,9-12H2. The molecule has 1 aliphatic heterocycles. The summed E-state index contributed by atoms with van der Waals surface area (Å²) in [6.45, 7) is 0.721. The maximum Gasteiger partial charge on any atom is 0.416 e. The van der Waals surface area contributed by atoms with Crippen molar-refractivity contribution in [1.29, 1.82) is 0 Å². The third-order valence-corrected chi connectivity index (χ3v) is 7.45. The summed E-state index contributed by atoms with van der Waals surface area (Å²) < 4.78 is 67.8. The quantitative estimate of drug-likeness (QED) is 0.435. The molecule has 0 radical (unpaired) electrons. The van der Waals surface area contributed by atoms with Gasteiger partial charge in [-0.05, 0) is 30.3 Å². The van der Waals surface area contributed by atoms with E-state index >= 15 is 0 Å². The molecule has 0 bridgehead atoms. The third-order valence-electron chi connectivity index (χ3n) is 5.56. The molecule has 0 spiro atoms. The molecule has 2 aromatic heterocycles. The normalized spacial score (nSPS) is 15.7. The van der Waals surface area contributed by atoms with Crippen LogP contribution in [-0.2, 0) is 16.2 Å². The van der Waals surface area contributed by atoms with E-state index in [1.807, 2.05) is 35.2 Å². The van der Waals surface area contributed by atoms with E-state index in [0.29, 0.717) is 23.0 Å². The second-order valence-corrected chi connectivity index (χ2v) is 9.56. The van der Waals surface area contributed by atoms with E-state index in [1.54, 1.807) is 4.68 Å². The molecule has 1 fully saturated rings. The summed E-state index contributed by atoms with van der Waals surface area (Å²) >= 11 is 0. The molecular formula is C21H18F3N7O2S. The number of benzene rings is 2. The minimum Gasteiger partial charge on any atom is -0.352 e. The van der Waals surface area contributed by atoms with Gasteiger partial charge in [0.2, 0.25) is 10.0 Å². The molecule has 0 atom stereocenters. The van der Waals surface area contributed by atoms with Crippen molar-refractivity contribution in [1.82, 2.24) is 29.3 Å². The maximum atomic E-state index is 13.0. The Bertz CT molecular complexity index is 1430. The SMILES string of the molecule is O=S(=O)(c1cccc(C(F)(F)F)c1)N1CCN(c2ncnc3c2nnn3-c2ccccc2)CC1. The van der Waals surface area contributed by atoms with Crippen molar-refractivity contribution in [3.05, 3.63) is 66.5 Å². The number of rotatable bonds is 4. The number of sulfonamides is 1. The van der Waals surface area contributed by atoms with Gasteiger partial charge in [0, 0.05) is 26.2 Å². The van der Waals surface area contributed by atoms with E-state index in [-0.39, 0.29) is 31.1 Å². The molecule has 0 N–H and O–H groups in total. The fraction of sp³-hybridized carbons (Fsp3) is 0.238. The van der Waals surface area contributed by atoms with Gasteiger partial charge in [-0.2, -0.15) is 22.2 Å². The van der Waals surface area contributed by atoms with Crippen LogP contribution in [0.4, 0.5) is 19.0 Å². The Morgan fingerprint density at radius 2 is 1.62 bits per heavy atom. The monoisotopic (exact) mass is 489 g/mol. The Balaban J connectivity index is 1.37. The van der Waals surface area contributed by atoms with Crippen LogP contribution >= 0.6 is 0 Å². The van der Waals surface area contributed by atoms with Gasteiger partial charge in [0.1, 0.15) is 6.33 Å². The second kappa shape index (κ2) is 8.33. The van der Waals surface area contributed by atoms with Crippen molar-refractivity contribution in [2.45, 2.75) is 11.1 Å². The number of piperazine rings is 1. The highest BCUT2D eigenvalue weighted by atomic mass is 32.2. The Morgan fingerprint density at radius 1 is 0.882 bits per heavy atom. The first-order valence-corrected chi connectivity index (χ1v) is 11.7. The summed E-state index contributed by atoms with van der Waals surface area (Å²) in [6.07, 6.45) is -3.23. The summed E-state index contributed by atoms with van der Waals surface area (Å²) in [6, 6.07) is 13.1. The number of anilines is 1. The van der Waals surface area contributed by atoms with Gasteiger partial charge < -0.3 is 4.90 Å². The Kier molecular flexibility index (Phi) is 5.44. The van der Waals surface area contributed by atoms with Crippen molar-refractivity contribution in [3.8, 4) is 5.69 Å². The molecule has 5 rings (SSSR count). The molecule has 176 valence electrons. The molecule has 0 aliphatic carbocycles. The summed E-state index contributed by atoms with van der Waals surface area (Å²) in [7, 11) is -4.08. The van der Waals surface area contributed by atoms with E-state index in [4.69, 9.17) is 0 Å². The highest BCUT2D eigenvalue weighted by Crippen LogP contribution is 2.31. The average molecular weight is 489 g/mol. The van der Waals surface area contributed by atoms with Gasteiger partial charge in [0.15, 0.2) is 17.0 Å². The van der Waals surface area contributed by atoms with Gasteiger partial charge in [-0.15, -0.1) is 5.10 Å². The lowest BCUT2D eigenvalue weighted by Crippen LogP contribution is -2.49. The predicted octanol–water partition coefficient (Wildman–Crippen LogP) is 2.74. The zero-order chi connectivity index (χ0) is 23.9. The minimum atomic E-state index is -4.63. The van der Waals surface area contributed by atoms with Gasteiger partial charge >= 0.3 is 6.18 Å². The lowest BCUT2D eigenvalue weighted by Gasteiger charge is -2.34. The molecule has 13 heteroatoms. The van der Waals surface area contributed by atoms with Gasteiger partial charge in [-0.25, -0.2) is 18.4 Å². The highest BCUT2D eigenvalue weighted by Gasteiger charge is 2.34. The van der Waals surface area contributed by atoms with Crippen LogP contribution in [0.5, 0.6) is 0 Å². The van der Waals surface area contributed by atoms with E-state index in [9.17, 15) is 21.6 Å². The van der Waals surface area contributed by atoms with E-state index in [0.717, 1.165) is 17.8 Å². The van der Waals surface area contributed by atoms with Crippen LogP contribution in [0.15, 0.2) is 65.8 Å². The molecule has 4 aromatic rings. The number of alkyl halides is 3. The van der Waals surface area contributed by atoms with E-state index < -0.39 is 21.8 Å². The fourth-order valence-electron chi connectivity index (χ4n) is 3.83. The molecule has 1 saturated heterocycles. The summed E-state index contributed by atoms with van der Waals surface area (Å²) in [5.41, 5.74) is 0.763. The zero-order valence-electron chi connectivity index (χ0n) is 17.6. The molecule has 9 nitrogen and oxygen atoms in total. The van der Waals surface area contributed by atoms with Gasteiger partial charge in [0.25, 0.3) is 0 Å². The molecule has 0 saturated carbocycles. The van der Waals surface area contributed by atoms with Gasteiger partial charge in [-0.1, -0.05) is 29.5 Å². The first-order chi connectivity index (χ1) is 16.2. The molecule has 2 aromatic carbocycles. The predicted molar refractivity (Wildman–Crippen MR) is 117 cm³/mol. The zero-order valence-corrected chi connectivity index (χ0v) is 18.4. The molecule has 0 amide bonds. The van der Waals surface area contributed by atoms with Crippen molar-refractivity contribution >= 4 is 27.0 Å². The lowest BCUT2D eigenvalue weighted by atomic mass is 10.2. The fourth-order valence-corrected chi connectivity index (χ4v) is 5.30. The minimum absolute atomic E-state index is 0.0803. The molecular weight excluding hydrogens is 471 g/mol. The van der Waals surface area contributed by atoms with Crippen molar-refractivity contribution in [2.24, 2.45) is 0 Å². The number of hydrogen-bond donors (Lipinski definition) is 0. The Labute approximate surface area is 192 Å². The van der Waals surface area contributed by atoms with E-state index in [2.05, 4.69) is 20.3 Å². The van der Waals surface area contributed by atoms with Crippen molar-refractivity contribution in [3.63, 3.8) is 0 Å². The Hall–Kier alpha value is -3.58. The lowest BCUT2D eigenvalue weighted by molar-refractivity contribution is -0.137. The number of aromatic nitrogens is 5. The first kappa shape index (κ1) is 22.2. The molecule has 1 aliphatic rings. The Morgan fingerprint density at radius 3 is 2.32 bits per heavy atom. The number of halogens is 3. The first-order valence-electron chi connectivity index (χ1n) is 10.3. The largest absolute Gasteiger partial charge is 0.416 e. The van der Waals surface area contributed by atoms with Crippen LogP contribution in [-0.4, -0.2) is 63.9 Å². The van der Waals surface area contributed by atoms with Crippen LogP contribution < -0.4 is 4.90 Å². The maximum absolute atomic E-state index is 13.0. The number of fused-ring (bicyclic) bond motifs is 1. The smallest absolute Gasteiger partial charge is 0.352 e.